The van der Waals surface area contributed by atoms with Gasteiger partial charge in [-0.25, -0.2) is 4.68 Å². The van der Waals surface area contributed by atoms with E-state index in [0.29, 0.717) is 137 Å². The molecule has 1 aromatic heterocycles. The SMILES string of the molecule is CC(C)CCCC(=O)CCOCCOCCOCCOCCOCCOCCOCCOCCn1cc(C(C)C)nn1. The second kappa shape index (κ2) is 28.3. The van der Waals surface area contributed by atoms with Gasteiger partial charge in [-0.2, -0.15) is 0 Å². The Morgan fingerprint density at radius 2 is 1.02 bits per heavy atom. The first-order valence-electron chi connectivity index (χ1n) is 15.5. The molecule has 0 amide bonds. The standard InChI is InChI=1S/C30H57N3O9/c1-27(2)6-5-7-29(34)8-10-35-12-14-37-16-18-39-20-22-41-24-25-42-23-21-40-19-17-38-15-13-36-11-9-33-26-30(28(3)4)31-32-33/h26-28H,5-25H2,1-4H3. The van der Waals surface area contributed by atoms with E-state index < -0.39 is 0 Å². The summed E-state index contributed by atoms with van der Waals surface area (Å²) in [5.41, 5.74) is 0.990. The first kappa shape index (κ1) is 38.5. The largest absolute Gasteiger partial charge is 0.379 e. The summed E-state index contributed by atoms with van der Waals surface area (Å²) in [5.74, 6) is 1.30. The zero-order valence-electron chi connectivity index (χ0n) is 26.6. The van der Waals surface area contributed by atoms with E-state index >= 15 is 0 Å². The smallest absolute Gasteiger partial charge is 0.135 e. The Hall–Kier alpha value is -1.51. The average molecular weight is 604 g/mol. The maximum Gasteiger partial charge on any atom is 0.135 e. The number of nitrogens with zero attached hydrogens (tertiary/aromatic N) is 3. The summed E-state index contributed by atoms with van der Waals surface area (Å²) in [4.78, 5) is 11.7. The molecular weight excluding hydrogens is 546 g/mol. The number of Topliss-reactive ketones (excluding diaryl/α,β-unsaturated/α-hetero) is 1. The third kappa shape index (κ3) is 25.0. The van der Waals surface area contributed by atoms with Crippen molar-refractivity contribution in [1.82, 2.24) is 15.0 Å². The van der Waals surface area contributed by atoms with E-state index in [1.807, 2.05) is 6.20 Å². The van der Waals surface area contributed by atoms with E-state index in [9.17, 15) is 4.79 Å². The van der Waals surface area contributed by atoms with Gasteiger partial charge in [-0.15, -0.1) is 5.10 Å². The zero-order valence-corrected chi connectivity index (χ0v) is 26.6. The van der Waals surface area contributed by atoms with Gasteiger partial charge in [0.25, 0.3) is 0 Å². The topological polar surface area (TPSA) is 122 Å². The Morgan fingerprint density at radius 1 is 0.619 bits per heavy atom. The van der Waals surface area contributed by atoms with Crippen molar-refractivity contribution >= 4 is 5.78 Å². The number of carbonyl (C=O) groups is 1. The first-order chi connectivity index (χ1) is 20.5. The number of aromatic nitrogens is 3. The number of hydrogen-bond acceptors (Lipinski definition) is 11. The molecule has 246 valence electrons. The van der Waals surface area contributed by atoms with Crippen LogP contribution in [0.15, 0.2) is 6.20 Å². The van der Waals surface area contributed by atoms with Crippen molar-refractivity contribution in [2.75, 3.05) is 106 Å². The molecule has 0 bridgehead atoms. The highest BCUT2D eigenvalue weighted by Crippen LogP contribution is 2.09. The predicted molar refractivity (Wildman–Crippen MR) is 159 cm³/mol. The second-order valence-corrected chi connectivity index (χ2v) is 10.5. The van der Waals surface area contributed by atoms with Gasteiger partial charge in [-0.1, -0.05) is 39.3 Å². The Labute approximate surface area is 253 Å². The van der Waals surface area contributed by atoms with Crippen LogP contribution in [0.4, 0.5) is 0 Å². The van der Waals surface area contributed by atoms with Crippen LogP contribution in [0.2, 0.25) is 0 Å². The van der Waals surface area contributed by atoms with Crippen molar-refractivity contribution in [3.8, 4) is 0 Å². The van der Waals surface area contributed by atoms with E-state index in [1.165, 1.54) is 0 Å². The van der Waals surface area contributed by atoms with Crippen LogP contribution in [0.25, 0.3) is 0 Å². The molecule has 0 atom stereocenters. The first-order valence-corrected chi connectivity index (χ1v) is 15.5. The minimum absolute atomic E-state index is 0.278. The van der Waals surface area contributed by atoms with Gasteiger partial charge in [0.1, 0.15) is 5.78 Å². The molecule has 1 rings (SSSR count). The average Bonchev–Trinajstić information content (AvgIpc) is 3.44. The molecule has 0 fully saturated rings. The molecule has 1 aromatic rings. The van der Waals surface area contributed by atoms with Crippen molar-refractivity contribution in [2.45, 2.75) is 65.8 Å². The van der Waals surface area contributed by atoms with Crippen LogP contribution in [0, 0.1) is 5.92 Å². The molecule has 0 spiro atoms. The molecule has 0 saturated carbocycles. The molecule has 42 heavy (non-hydrogen) atoms. The van der Waals surface area contributed by atoms with E-state index in [0.717, 1.165) is 18.5 Å². The van der Waals surface area contributed by atoms with Gasteiger partial charge < -0.3 is 37.9 Å². The quantitative estimate of drug-likeness (QED) is 0.113. The van der Waals surface area contributed by atoms with Gasteiger partial charge >= 0.3 is 0 Å². The van der Waals surface area contributed by atoms with Crippen molar-refractivity contribution in [1.29, 1.82) is 0 Å². The molecule has 0 aromatic carbocycles. The van der Waals surface area contributed by atoms with Gasteiger partial charge in [-0.05, 0) is 18.3 Å². The highest BCUT2D eigenvalue weighted by atomic mass is 16.6. The summed E-state index contributed by atoms with van der Waals surface area (Å²) < 4.78 is 45.7. The summed E-state index contributed by atoms with van der Waals surface area (Å²) in [7, 11) is 0. The van der Waals surface area contributed by atoms with Crippen LogP contribution < -0.4 is 0 Å². The molecule has 0 aliphatic heterocycles. The second-order valence-electron chi connectivity index (χ2n) is 10.5. The summed E-state index contributed by atoms with van der Waals surface area (Å²) in [5, 5.41) is 8.21. The maximum absolute atomic E-state index is 11.7. The highest BCUT2D eigenvalue weighted by molar-refractivity contribution is 5.78. The Morgan fingerprint density at radius 3 is 1.40 bits per heavy atom. The lowest BCUT2D eigenvalue weighted by Gasteiger charge is -2.09. The van der Waals surface area contributed by atoms with Gasteiger partial charge in [-0.3, -0.25) is 4.79 Å². The lowest BCUT2D eigenvalue weighted by atomic mass is 10.0. The lowest BCUT2D eigenvalue weighted by Crippen LogP contribution is -2.15. The zero-order chi connectivity index (χ0) is 30.5. The summed E-state index contributed by atoms with van der Waals surface area (Å²) in [6.07, 6.45) is 5.17. The minimum atomic E-state index is 0.278. The molecular formula is C30H57N3O9. The molecule has 0 unspecified atom stereocenters. The fraction of sp³-hybridized carbons (Fsp3) is 0.900. The third-order valence-electron chi connectivity index (χ3n) is 5.98. The maximum atomic E-state index is 11.7. The van der Waals surface area contributed by atoms with Crippen molar-refractivity contribution in [2.24, 2.45) is 5.92 Å². The van der Waals surface area contributed by atoms with Crippen LogP contribution >= 0.6 is 0 Å². The van der Waals surface area contributed by atoms with Crippen LogP contribution in [0.1, 0.15) is 65.0 Å². The fourth-order valence-electron chi connectivity index (χ4n) is 3.51. The van der Waals surface area contributed by atoms with Crippen LogP contribution in [0.5, 0.6) is 0 Å². The minimum Gasteiger partial charge on any atom is -0.379 e. The number of hydrogen-bond donors (Lipinski definition) is 0. The van der Waals surface area contributed by atoms with Crippen molar-refractivity contribution < 1.29 is 42.7 Å². The number of rotatable bonds is 32. The molecule has 1 heterocycles. The summed E-state index contributed by atoms with van der Waals surface area (Å²) in [6, 6.07) is 0. The normalized spacial score (nSPS) is 11.8. The Kier molecular flexibility index (Phi) is 25.9. The van der Waals surface area contributed by atoms with E-state index in [4.69, 9.17) is 37.9 Å². The molecule has 12 nitrogen and oxygen atoms in total. The molecule has 12 heteroatoms. The number of carbonyl (C=O) groups excluding carboxylic acids is 1. The monoisotopic (exact) mass is 603 g/mol. The predicted octanol–water partition coefficient (Wildman–Crippen LogP) is 3.32. The Bertz CT molecular complexity index is 735. The number of ether oxygens (including phenoxy) is 8. The molecule has 0 aliphatic carbocycles. The highest BCUT2D eigenvalue weighted by Gasteiger charge is 2.05. The fourth-order valence-corrected chi connectivity index (χ4v) is 3.51. The Balaban J connectivity index is 1.67. The molecule has 0 aliphatic rings. The van der Waals surface area contributed by atoms with Crippen LogP contribution in [-0.4, -0.2) is 126 Å². The van der Waals surface area contributed by atoms with Gasteiger partial charge in [0.15, 0.2) is 0 Å². The summed E-state index contributed by atoms with van der Waals surface area (Å²) >= 11 is 0. The lowest BCUT2D eigenvalue weighted by molar-refractivity contribution is -0.120. The molecule has 0 N–H and O–H groups in total. The summed E-state index contributed by atoms with van der Waals surface area (Å²) in [6.45, 7) is 17.4. The van der Waals surface area contributed by atoms with Gasteiger partial charge in [0.05, 0.1) is 118 Å². The van der Waals surface area contributed by atoms with E-state index in [2.05, 4.69) is 38.0 Å². The van der Waals surface area contributed by atoms with Crippen molar-refractivity contribution in [3.05, 3.63) is 11.9 Å². The van der Waals surface area contributed by atoms with Crippen molar-refractivity contribution in [3.63, 3.8) is 0 Å². The third-order valence-corrected chi connectivity index (χ3v) is 5.98. The van der Waals surface area contributed by atoms with Crippen LogP contribution in [0.3, 0.4) is 0 Å². The molecule has 0 saturated heterocycles. The molecule has 0 radical (unpaired) electrons. The van der Waals surface area contributed by atoms with Crippen LogP contribution in [-0.2, 0) is 49.2 Å². The number of ketones is 1. The van der Waals surface area contributed by atoms with E-state index in [-0.39, 0.29) is 5.78 Å². The van der Waals surface area contributed by atoms with Gasteiger partial charge in [0, 0.05) is 19.0 Å². The van der Waals surface area contributed by atoms with Gasteiger partial charge in [0.2, 0.25) is 0 Å². The van der Waals surface area contributed by atoms with E-state index in [1.54, 1.807) is 4.68 Å².